The van der Waals surface area contributed by atoms with Crippen molar-refractivity contribution >= 4 is 23.2 Å². The predicted octanol–water partition coefficient (Wildman–Crippen LogP) is 4.67. The topological polar surface area (TPSA) is 17.0 Å². The van der Waals surface area contributed by atoms with E-state index < -0.39 is 0 Å². The van der Waals surface area contributed by atoms with E-state index in [0.29, 0.717) is 10.0 Å². The first kappa shape index (κ1) is 14.4. The molecule has 4 heteroatoms. The molecule has 0 aliphatic carbocycles. The van der Waals surface area contributed by atoms with Crippen LogP contribution in [-0.4, -0.2) is 10.1 Å². The van der Waals surface area contributed by atoms with Gasteiger partial charge in [0, 0.05) is 24.0 Å². The van der Waals surface area contributed by atoms with Crippen LogP contribution in [0.4, 0.5) is 0 Å². The number of hydrogen-bond acceptors (Lipinski definition) is 1. The summed E-state index contributed by atoms with van der Waals surface area (Å²) >= 11 is 12.3. The van der Waals surface area contributed by atoms with Crippen LogP contribution in [0, 0.1) is 0 Å². The van der Waals surface area contributed by atoms with Crippen molar-refractivity contribution in [2.45, 2.75) is 32.9 Å². The van der Waals surface area contributed by atoms with E-state index in [1.165, 1.54) is 0 Å². The van der Waals surface area contributed by atoms with Crippen LogP contribution in [0.1, 0.15) is 26.5 Å². The van der Waals surface area contributed by atoms with E-state index >= 15 is 0 Å². The lowest BCUT2D eigenvalue weighted by Crippen LogP contribution is -2.35. The summed E-state index contributed by atoms with van der Waals surface area (Å²) in [6.07, 6.45) is 2.00. The Bertz CT molecular complexity index is 568. The molecule has 0 radical (unpaired) electrons. The summed E-state index contributed by atoms with van der Waals surface area (Å²) in [5.74, 6) is 0. The molecule has 0 aliphatic rings. The second-order valence-electron chi connectivity index (χ2n) is 5.55. The average Bonchev–Trinajstić information content (AvgIpc) is 2.77. The zero-order valence-electron chi connectivity index (χ0n) is 11.4. The van der Waals surface area contributed by atoms with Crippen molar-refractivity contribution in [3.05, 3.63) is 52.3 Å². The third-order valence-electron chi connectivity index (χ3n) is 2.82. The van der Waals surface area contributed by atoms with E-state index in [2.05, 4.69) is 36.7 Å². The summed E-state index contributed by atoms with van der Waals surface area (Å²) in [5, 5.41) is 4.62. The van der Waals surface area contributed by atoms with Crippen LogP contribution in [0.5, 0.6) is 0 Å². The van der Waals surface area contributed by atoms with Gasteiger partial charge in [-0.1, -0.05) is 29.3 Å². The number of benzene rings is 1. The van der Waals surface area contributed by atoms with Crippen molar-refractivity contribution in [2.75, 3.05) is 0 Å². The van der Waals surface area contributed by atoms with E-state index in [0.717, 1.165) is 17.9 Å². The Morgan fingerprint density at radius 2 is 1.84 bits per heavy atom. The Morgan fingerprint density at radius 1 is 1.11 bits per heavy atom. The lowest BCUT2D eigenvalue weighted by Gasteiger charge is -2.21. The normalized spacial score (nSPS) is 11.8. The van der Waals surface area contributed by atoms with Gasteiger partial charge < -0.3 is 9.88 Å². The molecular formula is C15H18Cl2N2. The SMILES string of the molecule is CC(C)(C)NCc1cccn1-c1cccc(Cl)c1Cl. The third kappa shape index (κ3) is 3.53. The minimum atomic E-state index is 0.0766. The number of nitrogens with one attached hydrogen (secondary N) is 1. The van der Waals surface area contributed by atoms with Crippen LogP contribution in [0.2, 0.25) is 10.0 Å². The van der Waals surface area contributed by atoms with Gasteiger partial charge in [-0.3, -0.25) is 0 Å². The fraction of sp³-hybridized carbons (Fsp3) is 0.333. The minimum Gasteiger partial charge on any atom is -0.318 e. The highest BCUT2D eigenvalue weighted by atomic mass is 35.5. The van der Waals surface area contributed by atoms with Crippen molar-refractivity contribution in [2.24, 2.45) is 0 Å². The Morgan fingerprint density at radius 3 is 2.53 bits per heavy atom. The molecule has 1 heterocycles. The number of aromatic nitrogens is 1. The number of halogens is 2. The monoisotopic (exact) mass is 296 g/mol. The van der Waals surface area contributed by atoms with Crippen LogP contribution in [0.15, 0.2) is 36.5 Å². The first-order valence-corrected chi connectivity index (χ1v) is 7.00. The highest BCUT2D eigenvalue weighted by molar-refractivity contribution is 6.43. The first-order chi connectivity index (χ1) is 8.88. The molecule has 0 atom stereocenters. The molecule has 0 spiro atoms. The summed E-state index contributed by atoms with van der Waals surface area (Å²) in [6.45, 7) is 7.21. The smallest absolute Gasteiger partial charge is 0.0832 e. The molecule has 1 N–H and O–H groups in total. The van der Waals surface area contributed by atoms with Gasteiger partial charge in [0.2, 0.25) is 0 Å². The van der Waals surface area contributed by atoms with Crippen molar-refractivity contribution in [1.82, 2.24) is 9.88 Å². The van der Waals surface area contributed by atoms with Crippen LogP contribution < -0.4 is 5.32 Å². The Kier molecular flexibility index (Phi) is 4.24. The molecule has 102 valence electrons. The molecule has 0 unspecified atom stereocenters. The quantitative estimate of drug-likeness (QED) is 0.871. The van der Waals surface area contributed by atoms with Gasteiger partial charge in [0.1, 0.15) is 0 Å². The molecule has 2 rings (SSSR count). The summed E-state index contributed by atoms with van der Waals surface area (Å²) in [4.78, 5) is 0. The third-order valence-corrected chi connectivity index (χ3v) is 3.63. The maximum Gasteiger partial charge on any atom is 0.0832 e. The lowest BCUT2D eigenvalue weighted by atomic mass is 10.1. The molecule has 2 aromatic rings. The zero-order chi connectivity index (χ0) is 14.0. The molecule has 1 aromatic heterocycles. The van der Waals surface area contributed by atoms with Gasteiger partial charge in [-0.2, -0.15) is 0 Å². The largest absolute Gasteiger partial charge is 0.318 e. The summed E-state index contributed by atoms with van der Waals surface area (Å²) < 4.78 is 2.06. The first-order valence-electron chi connectivity index (χ1n) is 6.24. The number of nitrogens with zero attached hydrogens (tertiary/aromatic N) is 1. The Hall–Kier alpha value is -0.960. The molecule has 0 amide bonds. The molecule has 0 bridgehead atoms. The molecule has 19 heavy (non-hydrogen) atoms. The molecular weight excluding hydrogens is 279 g/mol. The van der Waals surface area contributed by atoms with Crippen molar-refractivity contribution in [3.8, 4) is 5.69 Å². The molecule has 0 saturated heterocycles. The minimum absolute atomic E-state index is 0.0766. The van der Waals surface area contributed by atoms with Gasteiger partial charge in [0.15, 0.2) is 0 Å². The van der Waals surface area contributed by atoms with E-state index in [1.54, 1.807) is 6.07 Å². The summed E-state index contributed by atoms with van der Waals surface area (Å²) in [5.41, 5.74) is 2.14. The van der Waals surface area contributed by atoms with Crippen LogP contribution in [0.25, 0.3) is 5.69 Å². The molecule has 2 nitrogen and oxygen atoms in total. The molecule has 0 fully saturated rings. The van der Waals surface area contributed by atoms with E-state index in [9.17, 15) is 0 Å². The van der Waals surface area contributed by atoms with Gasteiger partial charge >= 0.3 is 0 Å². The van der Waals surface area contributed by atoms with Gasteiger partial charge in [-0.25, -0.2) is 0 Å². The molecule has 0 saturated carbocycles. The predicted molar refractivity (Wildman–Crippen MR) is 82.4 cm³/mol. The zero-order valence-corrected chi connectivity index (χ0v) is 12.9. The molecule has 1 aromatic carbocycles. The highest BCUT2D eigenvalue weighted by Gasteiger charge is 2.12. The fourth-order valence-corrected chi connectivity index (χ4v) is 2.22. The van der Waals surface area contributed by atoms with Gasteiger partial charge in [0.05, 0.1) is 15.7 Å². The lowest BCUT2D eigenvalue weighted by molar-refractivity contribution is 0.420. The maximum atomic E-state index is 6.27. The van der Waals surface area contributed by atoms with Crippen molar-refractivity contribution in [1.29, 1.82) is 0 Å². The number of rotatable bonds is 3. The second kappa shape index (κ2) is 5.58. The fourth-order valence-electron chi connectivity index (χ4n) is 1.83. The summed E-state index contributed by atoms with van der Waals surface area (Å²) in [7, 11) is 0. The van der Waals surface area contributed by atoms with E-state index in [-0.39, 0.29) is 5.54 Å². The van der Waals surface area contributed by atoms with Crippen LogP contribution in [-0.2, 0) is 6.54 Å². The Balaban J connectivity index is 2.31. The Labute approximate surface area is 124 Å². The van der Waals surface area contributed by atoms with Crippen LogP contribution >= 0.6 is 23.2 Å². The van der Waals surface area contributed by atoms with Gasteiger partial charge in [0.25, 0.3) is 0 Å². The number of hydrogen-bond donors (Lipinski definition) is 1. The second-order valence-corrected chi connectivity index (χ2v) is 6.33. The van der Waals surface area contributed by atoms with Crippen molar-refractivity contribution < 1.29 is 0 Å². The average molecular weight is 297 g/mol. The highest BCUT2D eigenvalue weighted by Crippen LogP contribution is 2.29. The van der Waals surface area contributed by atoms with Crippen molar-refractivity contribution in [3.63, 3.8) is 0 Å². The maximum absolute atomic E-state index is 6.27. The standard InChI is InChI=1S/C15H18Cl2N2/c1-15(2,3)18-10-11-6-5-9-19(11)13-8-4-7-12(16)14(13)17/h4-9,18H,10H2,1-3H3. The molecule has 0 aliphatic heterocycles. The van der Waals surface area contributed by atoms with Crippen LogP contribution in [0.3, 0.4) is 0 Å². The summed E-state index contributed by atoms with van der Waals surface area (Å²) in [6, 6.07) is 9.76. The van der Waals surface area contributed by atoms with E-state index in [1.807, 2.05) is 24.4 Å². The van der Waals surface area contributed by atoms with E-state index in [4.69, 9.17) is 23.2 Å². The van der Waals surface area contributed by atoms with Gasteiger partial charge in [-0.15, -0.1) is 0 Å². The van der Waals surface area contributed by atoms with Gasteiger partial charge in [-0.05, 0) is 45.0 Å².